The van der Waals surface area contributed by atoms with Gasteiger partial charge in [-0.2, -0.15) is 0 Å². The van der Waals surface area contributed by atoms with Crippen LogP contribution in [0.3, 0.4) is 0 Å². The number of urea groups is 1. The predicted molar refractivity (Wildman–Crippen MR) is 243 cm³/mol. The zero-order chi connectivity index (χ0) is 45.7. The number of carbonyl (C=O) groups excluding carboxylic acids is 5. The van der Waals surface area contributed by atoms with Gasteiger partial charge in [0.1, 0.15) is 17.5 Å². The first-order valence-electron chi connectivity index (χ1n) is 23.0. The molecule has 4 unspecified atom stereocenters. The number of amides is 6. The van der Waals surface area contributed by atoms with Crippen molar-refractivity contribution in [3.63, 3.8) is 0 Å². The lowest BCUT2D eigenvalue weighted by Crippen LogP contribution is -2.56. The summed E-state index contributed by atoms with van der Waals surface area (Å²) in [6, 6.07) is 8.42. The van der Waals surface area contributed by atoms with Crippen molar-refractivity contribution in [2.45, 2.75) is 63.7 Å². The Hall–Kier alpha value is -5.78. The molecule has 6 heterocycles. The van der Waals surface area contributed by atoms with Gasteiger partial charge in [-0.15, -0.1) is 0 Å². The van der Waals surface area contributed by atoms with Gasteiger partial charge in [0, 0.05) is 94.9 Å². The van der Waals surface area contributed by atoms with E-state index in [2.05, 4.69) is 30.2 Å². The van der Waals surface area contributed by atoms with Crippen molar-refractivity contribution < 1.29 is 33.4 Å². The third kappa shape index (κ3) is 8.61. The van der Waals surface area contributed by atoms with Gasteiger partial charge in [-0.1, -0.05) is 0 Å². The summed E-state index contributed by atoms with van der Waals surface area (Å²) in [5.41, 5.74) is 5.83. The number of pyridine rings is 1. The number of likely N-dealkylation sites (tertiary alicyclic amines) is 1. The van der Waals surface area contributed by atoms with Crippen LogP contribution in [0.2, 0.25) is 0 Å². The van der Waals surface area contributed by atoms with Gasteiger partial charge in [0.2, 0.25) is 11.8 Å². The third-order valence-corrected chi connectivity index (χ3v) is 14.6. The number of methoxy groups -OCH3 is 2. The fraction of sp³-hybridized carbons (Fsp3) is 0.542. The summed E-state index contributed by atoms with van der Waals surface area (Å²) in [6.45, 7) is 8.96. The fourth-order valence-electron chi connectivity index (χ4n) is 11.0. The minimum Gasteiger partial charge on any atom is -0.496 e. The average molecular weight is 892 g/mol. The molecule has 17 heteroatoms. The number of piperidine rings is 1. The van der Waals surface area contributed by atoms with E-state index in [0.29, 0.717) is 48.0 Å². The molecular weight excluding hydrogens is 831 g/mol. The number of imide groups is 2. The van der Waals surface area contributed by atoms with Crippen LogP contribution in [0.1, 0.15) is 69.5 Å². The second kappa shape index (κ2) is 18.2. The van der Waals surface area contributed by atoms with Crippen LogP contribution in [-0.4, -0.2) is 158 Å². The van der Waals surface area contributed by atoms with Crippen LogP contribution < -0.4 is 30.6 Å². The lowest BCUT2D eigenvalue weighted by Gasteiger charge is -2.41. The fourth-order valence-corrected chi connectivity index (χ4v) is 11.0. The van der Waals surface area contributed by atoms with Crippen LogP contribution in [0, 0.1) is 11.8 Å². The van der Waals surface area contributed by atoms with E-state index >= 15 is 0 Å². The Morgan fingerprint density at radius 1 is 0.831 bits per heavy atom. The summed E-state index contributed by atoms with van der Waals surface area (Å²) in [5, 5.41) is 5.59. The third-order valence-electron chi connectivity index (χ3n) is 14.6. The number of piperazine rings is 1. The summed E-state index contributed by atoms with van der Waals surface area (Å²) in [5.74, 6) is 0.513. The Labute approximate surface area is 379 Å². The number of aromatic nitrogens is 1. The van der Waals surface area contributed by atoms with E-state index in [9.17, 15) is 28.8 Å². The minimum atomic E-state index is -0.974. The molecule has 6 amide bonds. The molecule has 65 heavy (non-hydrogen) atoms. The largest absolute Gasteiger partial charge is 0.496 e. The van der Waals surface area contributed by atoms with Gasteiger partial charge in [0.25, 0.3) is 17.4 Å². The van der Waals surface area contributed by atoms with E-state index in [1.165, 1.54) is 0 Å². The predicted octanol–water partition coefficient (Wildman–Crippen LogP) is 2.52. The minimum absolute atomic E-state index is 0.0852. The number of aryl methyl sites for hydroxylation is 1. The Bertz CT molecular complexity index is 2440. The molecule has 17 nitrogen and oxygen atoms in total. The number of benzene rings is 2. The van der Waals surface area contributed by atoms with Crippen LogP contribution in [0.4, 0.5) is 10.5 Å². The van der Waals surface area contributed by atoms with Gasteiger partial charge in [-0.05, 0) is 113 Å². The van der Waals surface area contributed by atoms with Crippen LogP contribution in [0.5, 0.6) is 11.5 Å². The highest BCUT2D eigenvalue weighted by Gasteiger charge is 2.48. The SMILES string of the molecule is COc1cc(-c2cn(C)c(=O)c3c2CCN(C(=O)NC2CC4CN(CCCCN5CCN(c6ccc7c(c6)C(=O)N(C6CCC(=O)NC6=O)C7=O)CC5)CC42)C3)cc(OC)c1CN(C)C. The molecule has 3 saturated heterocycles. The van der Waals surface area contributed by atoms with Gasteiger partial charge in [-0.3, -0.25) is 39.1 Å². The number of ether oxygens (including phenoxy) is 2. The zero-order valence-electron chi connectivity index (χ0n) is 38.2. The number of nitrogens with zero attached hydrogens (tertiary/aromatic N) is 7. The first-order chi connectivity index (χ1) is 31.3. The van der Waals surface area contributed by atoms with Gasteiger partial charge < -0.3 is 39.0 Å². The zero-order valence-corrected chi connectivity index (χ0v) is 38.2. The maximum absolute atomic E-state index is 13.7. The van der Waals surface area contributed by atoms with Crippen molar-refractivity contribution in [1.82, 2.24) is 39.7 Å². The highest BCUT2D eigenvalue weighted by atomic mass is 16.5. The van der Waals surface area contributed by atoms with E-state index < -0.39 is 29.7 Å². The molecule has 3 aromatic rings. The Balaban J connectivity index is 0.721. The number of unbranched alkanes of at least 4 members (excludes halogenated alkanes) is 1. The van der Waals surface area contributed by atoms with Crippen LogP contribution in [0.25, 0.3) is 11.1 Å². The Morgan fingerprint density at radius 2 is 1.54 bits per heavy atom. The second-order valence-electron chi connectivity index (χ2n) is 18.9. The first kappa shape index (κ1) is 44.4. The van der Waals surface area contributed by atoms with E-state index in [1.54, 1.807) is 42.9 Å². The van der Waals surface area contributed by atoms with Crippen molar-refractivity contribution in [1.29, 1.82) is 0 Å². The van der Waals surface area contributed by atoms with E-state index in [-0.39, 0.29) is 37.0 Å². The molecule has 9 rings (SSSR count). The van der Waals surface area contributed by atoms with Crippen molar-refractivity contribution in [3.05, 3.63) is 74.7 Å². The first-order valence-corrected chi connectivity index (χ1v) is 23.0. The van der Waals surface area contributed by atoms with Crippen LogP contribution in [-0.2, 0) is 36.1 Å². The van der Waals surface area contributed by atoms with Gasteiger partial charge in [0.15, 0.2) is 0 Å². The molecule has 6 aliphatic rings. The number of fused-ring (bicyclic) bond motifs is 3. The summed E-state index contributed by atoms with van der Waals surface area (Å²) in [6.07, 6.45) is 5.87. The number of anilines is 1. The standard InChI is InChI=1S/C48H61N9O8/c1-51(2)25-38-41(64-4)21-29(22-42(38)65-5)35-26-52(3)45(60)37-28-56(15-12-32(35)37)48(63)49-39-20-30-24-54(27-36(30)39)14-7-6-13-53-16-18-55(19-17-53)31-8-9-33-34(23-31)47(62)57(46(33)61)40-10-11-43(58)50-44(40)59/h8-9,21-23,26,30,36,39-40H,6-7,10-20,24-25,27-28H2,1-5H3,(H,49,63)(H,50,58,59). The van der Waals surface area contributed by atoms with E-state index in [0.717, 1.165) is 116 Å². The van der Waals surface area contributed by atoms with E-state index in [1.807, 2.05) is 38.5 Å². The topological polar surface area (TPSA) is 169 Å². The normalized spacial score (nSPS) is 23.3. The number of hydrogen-bond donors (Lipinski definition) is 2. The highest BCUT2D eigenvalue weighted by molar-refractivity contribution is 6.23. The molecule has 5 aliphatic heterocycles. The summed E-state index contributed by atoms with van der Waals surface area (Å²) in [7, 11) is 9.08. The van der Waals surface area contributed by atoms with Crippen LogP contribution in [0.15, 0.2) is 41.3 Å². The molecule has 1 aromatic heterocycles. The maximum Gasteiger partial charge on any atom is 0.317 e. The number of carbonyl (C=O) groups is 5. The lowest BCUT2D eigenvalue weighted by molar-refractivity contribution is -0.136. The molecule has 0 spiro atoms. The molecule has 0 radical (unpaired) electrons. The molecule has 2 N–H and O–H groups in total. The molecule has 4 atom stereocenters. The molecule has 1 aliphatic carbocycles. The molecule has 0 bridgehead atoms. The van der Waals surface area contributed by atoms with Crippen molar-refractivity contribution in [3.8, 4) is 22.6 Å². The van der Waals surface area contributed by atoms with E-state index in [4.69, 9.17) is 9.47 Å². The van der Waals surface area contributed by atoms with Crippen molar-refractivity contribution in [2.24, 2.45) is 18.9 Å². The Kier molecular flexibility index (Phi) is 12.5. The van der Waals surface area contributed by atoms with Gasteiger partial charge in [-0.25, -0.2) is 4.79 Å². The molecule has 346 valence electrons. The van der Waals surface area contributed by atoms with Crippen molar-refractivity contribution in [2.75, 3.05) is 92.1 Å². The summed E-state index contributed by atoms with van der Waals surface area (Å²) >= 11 is 0. The molecular formula is C48H61N9O8. The number of hydrogen-bond acceptors (Lipinski definition) is 12. The smallest absolute Gasteiger partial charge is 0.317 e. The molecule has 1 saturated carbocycles. The average Bonchev–Trinajstić information content (AvgIpc) is 3.75. The highest BCUT2D eigenvalue weighted by Crippen LogP contribution is 2.42. The lowest BCUT2D eigenvalue weighted by atomic mass is 9.71. The van der Waals surface area contributed by atoms with Gasteiger partial charge >= 0.3 is 6.03 Å². The summed E-state index contributed by atoms with van der Waals surface area (Å²) in [4.78, 5) is 90.0. The van der Waals surface area contributed by atoms with Gasteiger partial charge in [0.05, 0.1) is 37.5 Å². The molecule has 2 aromatic carbocycles. The Morgan fingerprint density at radius 3 is 2.23 bits per heavy atom. The maximum atomic E-state index is 13.7. The second-order valence-corrected chi connectivity index (χ2v) is 18.9. The number of nitrogens with one attached hydrogen (secondary N) is 2. The molecule has 4 fully saturated rings. The number of rotatable bonds is 13. The van der Waals surface area contributed by atoms with Crippen LogP contribution >= 0.6 is 0 Å². The summed E-state index contributed by atoms with van der Waals surface area (Å²) < 4.78 is 13.2. The monoisotopic (exact) mass is 891 g/mol. The van der Waals surface area contributed by atoms with Crippen molar-refractivity contribution >= 4 is 35.3 Å². The quantitative estimate of drug-likeness (QED) is 0.191.